The van der Waals surface area contributed by atoms with E-state index in [0.717, 1.165) is 0 Å². The first-order chi connectivity index (χ1) is 16.1. The zero-order valence-corrected chi connectivity index (χ0v) is 23.7. The Hall–Kier alpha value is -0.420. The molecule has 0 aromatic carbocycles. The second-order valence-electron chi connectivity index (χ2n) is 8.44. The predicted octanol–water partition coefficient (Wildman–Crippen LogP) is 0.00720. The van der Waals surface area contributed by atoms with Gasteiger partial charge in [0.25, 0.3) is 0 Å². The van der Waals surface area contributed by atoms with Crippen molar-refractivity contribution in [3.8, 4) is 0 Å². The molecule has 18 heteroatoms. The van der Waals surface area contributed by atoms with Crippen molar-refractivity contribution in [2.24, 2.45) is 20.0 Å². The largest absolute Gasteiger partial charge is 0.289 e. The lowest BCUT2D eigenvalue weighted by atomic mass is 10.1. The van der Waals surface area contributed by atoms with Crippen molar-refractivity contribution in [3.63, 3.8) is 0 Å². The maximum Gasteiger partial charge on any atom is 0.219 e. The summed E-state index contributed by atoms with van der Waals surface area (Å²) < 4.78 is 47.7. The first kappa shape index (κ1) is 29.1. The highest BCUT2D eigenvalue weighted by Gasteiger charge is 2.40. The number of rotatable bonds is 6. The minimum absolute atomic E-state index is 0.0516. The Morgan fingerprint density at radius 2 is 1.37 bits per heavy atom. The van der Waals surface area contributed by atoms with E-state index in [0.29, 0.717) is 26.2 Å². The smallest absolute Gasteiger partial charge is 0.219 e. The van der Waals surface area contributed by atoms with E-state index in [-0.39, 0.29) is 45.8 Å². The van der Waals surface area contributed by atoms with Gasteiger partial charge in [-0.1, -0.05) is 0 Å². The predicted molar refractivity (Wildman–Crippen MR) is 142 cm³/mol. The zero-order chi connectivity index (χ0) is 26.1. The molecule has 2 saturated heterocycles. The maximum absolute atomic E-state index is 11.3. The number of amidine groups is 2. The molecule has 4 unspecified atom stereocenters. The highest BCUT2D eigenvalue weighted by atomic mass is 35.5. The van der Waals surface area contributed by atoms with Crippen LogP contribution in [0.3, 0.4) is 0 Å². The summed E-state index contributed by atoms with van der Waals surface area (Å²) >= 11 is 23.5. The number of hydrogen-bond donors (Lipinski definition) is 1. The topological polar surface area (TPSA) is 139 Å². The molecule has 0 aromatic heterocycles. The molecule has 1 N–H and O–H groups in total. The van der Waals surface area contributed by atoms with Gasteiger partial charge in [0.15, 0.2) is 0 Å². The molecule has 35 heavy (non-hydrogen) atoms. The molecule has 12 nitrogen and oxygen atoms in total. The molecule has 0 aliphatic carbocycles. The lowest BCUT2D eigenvalue weighted by Gasteiger charge is -2.45. The van der Waals surface area contributed by atoms with Crippen molar-refractivity contribution in [1.82, 2.24) is 18.8 Å². The van der Waals surface area contributed by atoms with Crippen LogP contribution in [0.25, 0.3) is 0 Å². The molecule has 0 saturated carbocycles. The van der Waals surface area contributed by atoms with E-state index in [1.54, 1.807) is 6.21 Å². The van der Waals surface area contributed by atoms with Gasteiger partial charge in [-0.2, -0.15) is 8.61 Å². The average Bonchev–Trinajstić information content (AvgIpc) is 2.66. The SMILES string of the molecule is CN(C1CN(S(C)(=O)=O)C1)C1N=C(Cl)N=CC1Cl.CS(=O)(=O)N1CC(NC2N=C(Cl)N=CC2Cl)C1. The fraction of sp³-hybridized carbons (Fsp3) is 0.765. The van der Waals surface area contributed by atoms with E-state index in [9.17, 15) is 16.8 Å². The summed E-state index contributed by atoms with van der Waals surface area (Å²) in [6.45, 7) is 1.78. The Balaban J connectivity index is 0.000000196. The van der Waals surface area contributed by atoms with Crippen molar-refractivity contribution >= 4 is 89.5 Å². The van der Waals surface area contributed by atoms with Gasteiger partial charge in [-0.25, -0.2) is 36.8 Å². The van der Waals surface area contributed by atoms with Gasteiger partial charge in [0.1, 0.15) is 23.1 Å². The Morgan fingerprint density at radius 1 is 0.886 bits per heavy atom. The normalized spacial score (nSPS) is 30.7. The van der Waals surface area contributed by atoms with Gasteiger partial charge in [-0.15, -0.1) is 23.2 Å². The standard InChI is InChI=1S/C9H14Cl2N4O2S.C8H12Cl2N4O2S/c1-14(6-4-15(5-6)18(2,16)17)8-7(10)3-12-9(11)13-8;1-17(15,16)14-3-5(4-14)12-7-6(9)2-11-8(10)13-7/h3,6-8H,4-5H2,1-2H3;2,5-7,12H,3-4H2,1H3. The molecule has 2 fully saturated rings. The van der Waals surface area contributed by atoms with E-state index >= 15 is 0 Å². The van der Waals surface area contributed by atoms with Crippen molar-refractivity contribution in [2.75, 3.05) is 45.7 Å². The Kier molecular flexibility index (Phi) is 9.61. The summed E-state index contributed by atoms with van der Waals surface area (Å²) in [5, 5.41) is 2.73. The summed E-state index contributed by atoms with van der Waals surface area (Å²) in [6.07, 6.45) is 4.80. The molecular weight excluding hydrogens is 586 g/mol. The first-order valence-corrected chi connectivity index (χ1v) is 15.7. The Morgan fingerprint density at radius 3 is 1.91 bits per heavy atom. The van der Waals surface area contributed by atoms with Gasteiger partial charge >= 0.3 is 0 Å². The van der Waals surface area contributed by atoms with Crippen molar-refractivity contribution in [2.45, 2.75) is 35.2 Å². The van der Waals surface area contributed by atoms with Crippen LogP contribution in [0.5, 0.6) is 0 Å². The third-order valence-electron chi connectivity index (χ3n) is 5.73. The number of nitrogens with one attached hydrogen (secondary N) is 1. The van der Waals surface area contributed by atoms with Crippen LogP contribution in [0.1, 0.15) is 0 Å². The van der Waals surface area contributed by atoms with Crippen molar-refractivity contribution < 1.29 is 16.8 Å². The van der Waals surface area contributed by atoms with Crippen LogP contribution in [-0.4, -0.2) is 134 Å². The minimum atomic E-state index is -3.10. The summed E-state index contributed by atoms with van der Waals surface area (Å²) in [4.78, 5) is 17.8. The van der Waals surface area contributed by atoms with Gasteiger partial charge < -0.3 is 0 Å². The van der Waals surface area contributed by atoms with Crippen LogP contribution in [0.2, 0.25) is 0 Å². The molecule has 0 radical (unpaired) electrons. The van der Waals surface area contributed by atoms with E-state index < -0.39 is 20.0 Å². The van der Waals surface area contributed by atoms with E-state index in [4.69, 9.17) is 46.4 Å². The molecule has 0 aromatic rings. The second kappa shape index (κ2) is 11.5. The van der Waals surface area contributed by atoms with Crippen molar-refractivity contribution in [3.05, 3.63) is 0 Å². The fourth-order valence-electron chi connectivity index (χ4n) is 3.52. The van der Waals surface area contributed by atoms with Crippen LogP contribution in [-0.2, 0) is 20.0 Å². The number of alkyl halides is 2. The lowest BCUT2D eigenvalue weighted by molar-refractivity contribution is 0.0815. The first-order valence-electron chi connectivity index (χ1n) is 10.4. The number of hydrogen-bond acceptors (Lipinski definition) is 10. The molecule has 198 valence electrons. The summed E-state index contributed by atoms with van der Waals surface area (Å²) in [5.41, 5.74) is 0. The lowest BCUT2D eigenvalue weighted by Crippen LogP contribution is -2.62. The van der Waals surface area contributed by atoms with E-state index in [1.807, 2.05) is 11.9 Å². The molecule has 4 heterocycles. The molecule has 0 amide bonds. The third kappa shape index (κ3) is 7.79. The van der Waals surface area contributed by atoms with Gasteiger partial charge in [-0.05, 0) is 30.2 Å². The van der Waals surface area contributed by atoms with Gasteiger partial charge in [0, 0.05) is 50.7 Å². The molecule has 4 atom stereocenters. The highest BCUT2D eigenvalue weighted by molar-refractivity contribution is 7.88. The summed E-state index contributed by atoms with van der Waals surface area (Å²) in [7, 11) is -4.34. The number of aliphatic imine (C=N–C) groups is 4. The van der Waals surface area contributed by atoms with Crippen LogP contribution in [0.4, 0.5) is 0 Å². The number of nitrogens with zero attached hydrogens (tertiary/aromatic N) is 7. The second-order valence-corrected chi connectivity index (χ2v) is 14.1. The number of halogens is 4. The zero-order valence-electron chi connectivity index (χ0n) is 19.0. The molecule has 4 aliphatic heterocycles. The monoisotopic (exact) mass is 610 g/mol. The summed E-state index contributed by atoms with van der Waals surface area (Å²) in [5.74, 6) is 0. The number of likely N-dealkylation sites (N-methyl/N-ethyl adjacent to an activating group) is 1. The Labute approximate surface area is 225 Å². The van der Waals surface area contributed by atoms with Crippen LogP contribution < -0.4 is 5.32 Å². The molecule has 0 spiro atoms. The van der Waals surface area contributed by atoms with Crippen LogP contribution >= 0.6 is 46.4 Å². The van der Waals surface area contributed by atoms with Crippen LogP contribution in [0.15, 0.2) is 20.0 Å². The highest BCUT2D eigenvalue weighted by Crippen LogP contribution is 2.23. The molecule has 0 bridgehead atoms. The summed E-state index contributed by atoms with van der Waals surface area (Å²) in [6, 6.07) is 0.154. The molecular formula is C17H26Cl4N8O4S2. The van der Waals surface area contributed by atoms with Crippen molar-refractivity contribution in [1.29, 1.82) is 0 Å². The average molecular weight is 612 g/mol. The van der Waals surface area contributed by atoms with Gasteiger partial charge in [0.2, 0.25) is 30.6 Å². The molecule has 4 rings (SSSR count). The quantitative estimate of drug-likeness (QED) is 0.331. The minimum Gasteiger partial charge on any atom is -0.289 e. The third-order valence-corrected chi connectivity index (χ3v) is 9.28. The van der Waals surface area contributed by atoms with E-state index in [1.165, 1.54) is 27.3 Å². The Bertz CT molecular complexity index is 1120. The van der Waals surface area contributed by atoms with Gasteiger partial charge in [0.05, 0.1) is 12.5 Å². The van der Waals surface area contributed by atoms with Crippen LogP contribution in [0, 0.1) is 0 Å². The van der Waals surface area contributed by atoms with Gasteiger partial charge in [-0.3, -0.25) is 10.2 Å². The fourth-order valence-corrected chi connectivity index (χ4v) is 6.10. The number of sulfonamides is 2. The van der Waals surface area contributed by atoms with E-state index in [2.05, 4.69) is 25.3 Å². The molecule has 4 aliphatic rings. The maximum atomic E-state index is 11.3.